The summed E-state index contributed by atoms with van der Waals surface area (Å²) in [5.41, 5.74) is 2.31. The highest BCUT2D eigenvalue weighted by Crippen LogP contribution is 2.27. The number of nitrogens with one attached hydrogen (secondary N) is 1. The van der Waals surface area contributed by atoms with Gasteiger partial charge >= 0.3 is 0 Å². The molecule has 0 aliphatic rings. The molecule has 1 atom stereocenters. The monoisotopic (exact) mass is 209 g/mol. The molecule has 0 aliphatic carbocycles. The zero-order chi connectivity index (χ0) is 10.6. The summed E-state index contributed by atoms with van der Waals surface area (Å²) in [6, 6.07) is 8.11. The van der Waals surface area contributed by atoms with Crippen LogP contribution in [-0.4, -0.2) is 6.54 Å². The standard InChI is InChI=1S/C12H16ClN/c1-4-9-14-12(3,13)11-8-6-5-7-10(11)2/h4-8,14H,1,9H2,2-3H3. The van der Waals surface area contributed by atoms with Crippen LogP contribution in [0.4, 0.5) is 0 Å². The van der Waals surface area contributed by atoms with Crippen LogP contribution in [0, 0.1) is 6.92 Å². The molecule has 1 N–H and O–H groups in total. The fourth-order valence-electron chi connectivity index (χ4n) is 1.46. The summed E-state index contributed by atoms with van der Waals surface area (Å²) in [6.45, 7) is 8.38. The fraction of sp³-hybridized carbons (Fsp3) is 0.333. The van der Waals surface area contributed by atoms with Crippen LogP contribution >= 0.6 is 11.6 Å². The third kappa shape index (κ3) is 2.60. The van der Waals surface area contributed by atoms with Crippen LogP contribution in [-0.2, 0) is 5.00 Å². The molecule has 0 aliphatic heterocycles. The molecular weight excluding hydrogens is 194 g/mol. The van der Waals surface area contributed by atoms with Crippen molar-refractivity contribution in [3.8, 4) is 0 Å². The van der Waals surface area contributed by atoms with E-state index in [1.54, 1.807) is 6.08 Å². The molecule has 2 heteroatoms. The lowest BCUT2D eigenvalue weighted by atomic mass is 10.0. The van der Waals surface area contributed by atoms with E-state index in [-0.39, 0.29) is 0 Å². The van der Waals surface area contributed by atoms with E-state index in [1.807, 2.05) is 25.1 Å². The fourth-order valence-corrected chi connectivity index (χ4v) is 1.75. The molecular formula is C12H16ClN. The summed E-state index contributed by atoms with van der Waals surface area (Å²) in [7, 11) is 0. The summed E-state index contributed by atoms with van der Waals surface area (Å²) in [4.78, 5) is -0.514. The van der Waals surface area contributed by atoms with Crippen molar-refractivity contribution in [2.75, 3.05) is 6.54 Å². The van der Waals surface area contributed by atoms with Crippen molar-refractivity contribution in [1.82, 2.24) is 5.32 Å². The number of halogens is 1. The Kier molecular flexibility index (Phi) is 3.73. The maximum atomic E-state index is 6.39. The highest BCUT2D eigenvalue weighted by atomic mass is 35.5. The first kappa shape index (κ1) is 11.3. The average Bonchev–Trinajstić information content (AvgIpc) is 2.15. The van der Waals surface area contributed by atoms with E-state index in [0.717, 1.165) is 5.56 Å². The quantitative estimate of drug-likeness (QED) is 0.456. The molecule has 1 rings (SSSR count). The third-order valence-corrected chi connectivity index (χ3v) is 2.57. The first-order valence-electron chi connectivity index (χ1n) is 4.69. The average molecular weight is 210 g/mol. The van der Waals surface area contributed by atoms with Gasteiger partial charge in [0, 0.05) is 6.54 Å². The van der Waals surface area contributed by atoms with Crippen molar-refractivity contribution >= 4 is 11.6 Å². The van der Waals surface area contributed by atoms with Gasteiger partial charge in [-0.2, -0.15) is 0 Å². The van der Waals surface area contributed by atoms with Crippen molar-refractivity contribution in [3.05, 3.63) is 48.0 Å². The molecule has 1 aromatic carbocycles. The number of alkyl halides is 1. The van der Waals surface area contributed by atoms with Crippen LogP contribution in [0.15, 0.2) is 36.9 Å². The zero-order valence-corrected chi connectivity index (χ0v) is 9.43. The summed E-state index contributed by atoms with van der Waals surface area (Å²) < 4.78 is 0. The lowest BCUT2D eigenvalue weighted by molar-refractivity contribution is 0.544. The SMILES string of the molecule is C=CCNC(C)(Cl)c1ccccc1C. The van der Waals surface area contributed by atoms with Gasteiger partial charge in [-0.1, -0.05) is 41.9 Å². The minimum absolute atomic E-state index is 0.514. The van der Waals surface area contributed by atoms with E-state index in [4.69, 9.17) is 11.6 Å². The summed E-state index contributed by atoms with van der Waals surface area (Å²) in [5, 5.41) is 3.21. The molecule has 0 aromatic heterocycles. The molecule has 14 heavy (non-hydrogen) atoms. The normalized spacial score (nSPS) is 14.8. The minimum atomic E-state index is -0.514. The predicted octanol–water partition coefficient (Wildman–Crippen LogP) is 3.18. The molecule has 0 spiro atoms. The number of hydrogen-bond donors (Lipinski definition) is 1. The largest absolute Gasteiger partial charge is 0.292 e. The van der Waals surface area contributed by atoms with Crippen LogP contribution in [0.3, 0.4) is 0 Å². The highest BCUT2D eigenvalue weighted by Gasteiger charge is 2.23. The van der Waals surface area contributed by atoms with Gasteiger partial charge < -0.3 is 0 Å². The van der Waals surface area contributed by atoms with Crippen molar-refractivity contribution in [1.29, 1.82) is 0 Å². The zero-order valence-electron chi connectivity index (χ0n) is 8.68. The first-order chi connectivity index (χ1) is 6.58. The van der Waals surface area contributed by atoms with Gasteiger partial charge in [0.25, 0.3) is 0 Å². The second-order valence-electron chi connectivity index (χ2n) is 3.49. The molecule has 1 nitrogen and oxygen atoms in total. The van der Waals surface area contributed by atoms with Crippen LogP contribution in [0.1, 0.15) is 18.1 Å². The van der Waals surface area contributed by atoms with Crippen molar-refractivity contribution in [2.45, 2.75) is 18.8 Å². The highest BCUT2D eigenvalue weighted by molar-refractivity contribution is 6.23. The molecule has 1 unspecified atom stereocenters. The second-order valence-corrected chi connectivity index (χ2v) is 4.24. The lowest BCUT2D eigenvalue weighted by Crippen LogP contribution is -2.34. The van der Waals surface area contributed by atoms with E-state index in [2.05, 4.69) is 24.9 Å². The lowest BCUT2D eigenvalue weighted by Gasteiger charge is -2.25. The van der Waals surface area contributed by atoms with Crippen LogP contribution in [0.25, 0.3) is 0 Å². The Bertz CT molecular complexity index is 318. The molecule has 0 bridgehead atoms. The van der Waals surface area contributed by atoms with Crippen LogP contribution in [0.5, 0.6) is 0 Å². The summed E-state index contributed by atoms with van der Waals surface area (Å²) in [6.07, 6.45) is 1.80. The van der Waals surface area contributed by atoms with E-state index in [9.17, 15) is 0 Å². The van der Waals surface area contributed by atoms with Crippen molar-refractivity contribution < 1.29 is 0 Å². The molecule has 0 fully saturated rings. The number of hydrogen-bond acceptors (Lipinski definition) is 1. The third-order valence-electron chi connectivity index (χ3n) is 2.23. The van der Waals surface area contributed by atoms with Gasteiger partial charge in [-0.25, -0.2) is 0 Å². The number of rotatable bonds is 4. The van der Waals surface area contributed by atoms with Crippen LogP contribution < -0.4 is 5.32 Å². The predicted molar refractivity (Wildman–Crippen MR) is 62.6 cm³/mol. The maximum absolute atomic E-state index is 6.39. The van der Waals surface area contributed by atoms with Gasteiger partial charge in [0.2, 0.25) is 0 Å². The molecule has 0 saturated carbocycles. The molecule has 1 aromatic rings. The number of aryl methyl sites for hydroxylation is 1. The molecule has 0 radical (unpaired) electrons. The topological polar surface area (TPSA) is 12.0 Å². The smallest absolute Gasteiger partial charge is 0.117 e. The van der Waals surface area contributed by atoms with Gasteiger partial charge in [0.05, 0.1) is 0 Å². The number of benzene rings is 1. The van der Waals surface area contributed by atoms with Gasteiger partial charge in [0.15, 0.2) is 0 Å². The van der Waals surface area contributed by atoms with E-state index >= 15 is 0 Å². The van der Waals surface area contributed by atoms with Crippen molar-refractivity contribution in [2.24, 2.45) is 0 Å². The second kappa shape index (κ2) is 4.63. The van der Waals surface area contributed by atoms with E-state index < -0.39 is 5.00 Å². The molecule has 0 saturated heterocycles. The Hall–Kier alpha value is -0.790. The van der Waals surface area contributed by atoms with E-state index in [0.29, 0.717) is 6.54 Å². The minimum Gasteiger partial charge on any atom is -0.292 e. The molecule has 0 amide bonds. The van der Waals surface area contributed by atoms with Crippen LogP contribution in [0.2, 0.25) is 0 Å². The van der Waals surface area contributed by atoms with Gasteiger partial charge in [0.1, 0.15) is 5.00 Å². The molecule has 0 heterocycles. The maximum Gasteiger partial charge on any atom is 0.117 e. The van der Waals surface area contributed by atoms with Crippen molar-refractivity contribution in [3.63, 3.8) is 0 Å². The van der Waals surface area contributed by atoms with E-state index in [1.165, 1.54) is 5.56 Å². The Balaban J connectivity index is 2.91. The first-order valence-corrected chi connectivity index (χ1v) is 5.06. The Morgan fingerprint density at radius 1 is 1.50 bits per heavy atom. The summed E-state index contributed by atoms with van der Waals surface area (Å²) in [5.74, 6) is 0. The van der Waals surface area contributed by atoms with Gasteiger partial charge in [-0.05, 0) is 25.0 Å². The Morgan fingerprint density at radius 3 is 2.71 bits per heavy atom. The Labute approximate surface area is 90.8 Å². The molecule has 76 valence electrons. The van der Waals surface area contributed by atoms with Gasteiger partial charge in [-0.15, -0.1) is 6.58 Å². The summed E-state index contributed by atoms with van der Waals surface area (Å²) >= 11 is 6.39. The Morgan fingerprint density at radius 2 is 2.14 bits per heavy atom. The van der Waals surface area contributed by atoms with Gasteiger partial charge in [-0.3, -0.25) is 5.32 Å².